The molecule has 0 aliphatic rings. The van der Waals surface area contributed by atoms with E-state index in [9.17, 15) is 0 Å². The first kappa shape index (κ1) is 8.66. The van der Waals surface area contributed by atoms with Gasteiger partial charge in [-0.05, 0) is 0 Å². The molecule has 0 unspecified atom stereocenters. The SMILES string of the molecule is Ic1ccc[c]([BiH2])c1I. The van der Waals surface area contributed by atoms with Gasteiger partial charge in [0.15, 0.2) is 0 Å². The summed E-state index contributed by atoms with van der Waals surface area (Å²) in [6.45, 7) is 0. The second-order valence-electron chi connectivity index (χ2n) is 1.64. The van der Waals surface area contributed by atoms with Crippen molar-refractivity contribution in [2.45, 2.75) is 0 Å². The van der Waals surface area contributed by atoms with Crippen LogP contribution in [0, 0.1) is 7.14 Å². The molecule has 0 spiro atoms. The molecular weight excluding hydrogens is 535 g/mol. The molecule has 0 amide bonds. The molecule has 0 saturated carbocycles. The Labute approximate surface area is 96.9 Å². The molecule has 0 N–H and O–H groups in total. The Balaban J connectivity index is 3.25. The van der Waals surface area contributed by atoms with Crippen molar-refractivity contribution >= 4 is 73.2 Å². The average Bonchev–Trinajstić information content (AvgIpc) is 1.83. The zero-order chi connectivity index (χ0) is 6.85. The standard InChI is InChI=1S/C6H3I2.Bi.2H/c7-5-3-1-2-4-6(5)8;;;/h1-3H;;;. The van der Waals surface area contributed by atoms with Crippen molar-refractivity contribution < 1.29 is 0 Å². The van der Waals surface area contributed by atoms with E-state index in [-0.39, 0.29) is 0 Å². The predicted octanol–water partition coefficient (Wildman–Crippen LogP) is 1.15. The van der Waals surface area contributed by atoms with E-state index in [0.717, 1.165) is 24.7 Å². The van der Waals surface area contributed by atoms with Crippen LogP contribution in [0.2, 0.25) is 0 Å². The summed E-state index contributed by atoms with van der Waals surface area (Å²) in [7, 11) is 0. The van der Waals surface area contributed by atoms with Crippen LogP contribution in [0.25, 0.3) is 0 Å². The normalized spacial score (nSPS) is 9.67. The summed E-state index contributed by atoms with van der Waals surface area (Å²) in [6, 6.07) is 6.47. The van der Waals surface area contributed by atoms with E-state index in [1.807, 2.05) is 0 Å². The fourth-order valence-electron chi connectivity index (χ4n) is 0.520. The van der Waals surface area contributed by atoms with Crippen LogP contribution in [0.5, 0.6) is 0 Å². The Morgan fingerprint density at radius 2 is 1.89 bits per heavy atom. The van der Waals surface area contributed by atoms with E-state index in [4.69, 9.17) is 0 Å². The first-order valence-electron chi connectivity index (χ1n) is 2.41. The second kappa shape index (κ2) is 3.81. The summed E-state index contributed by atoms with van der Waals surface area (Å²) >= 11 is 5.74. The van der Waals surface area contributed by atoms with E-state index in [0.29, 0.717) is 0 Å². The molecule has 48 valence electrons. The van der Waals surface area contributed by atoms with Crippen molar-refractivity contribution in [2.24, 2.45) is 0 Å². The molecule has 0 nitrogen and oxygen atoms in total. The van der Waals surface area contributed by atoms with E-state index < -0.39 is 0 Å². The molecule has 1 rings (SSSR count). The molecular formula is C6H5BiI2. The maximum atomic E-state index is 2.40. The third kappa shape index (κ3) is 2.26. The van der Waals surface area contributed by atoms with Crippen LogP contribution >= 0.6 is 45.2 Å². The van der Waals surface area contributed by atoms with E-state index in [2.05, 4.69) is 63.4 Å². The van der Waals surface area contributed by atoms with Crippen molar-refractivity contribution in [2.75, 3.05) is 0 Å². The van der Waals surface area contributed by atoms with E-state index in [1.54, 1.807) is 0 Å². The van der Waals surface area contributed by atoms with Gasteiger partial charge < -0.3 is 0 Å². The van der Waals surface area contributed by atoms with Crippen LogP contribution in [0.4, 0.5) is 0 Å². The van der Waals surface area contributed by atoms with Crippen LogP contribution in [-0.4, -0.2) is 24.7 Å². The first-order chi connectivity index (χ1) is 4.22. The van der Waals surface area contributed by atoms with Gasteiger partial charge in [0, 0.05) is 0 Å². The minimum absolute atomic E-state index is 0.969. The van der Waals surface area contributed by atoms with Gasteiger partial charge in [-0.3, -0.25) is 0 Å². The zero-order valence-electron chi connectivity index (χ0n) is 4.57. The van der Waals surface area contributed by atoms with Gasteiger partial charge in [0.05, 0.1) is 0 Å². The van der Waals surface area contributed by atoms with Crippen molar-refractivity contribution in [1.29, 1.82) is 0 Å². The molecule has 0 fully saturated rings. The predicted molar refractivity (Wildman–Crippen MR) is 60.1 cm³/mol. The number of hydrogen-bond donors (Lipinski definition) is 0. The summed E-state index contributed by atoms with van der Waals surface area (Å²) < 4.78 is 4.36. The van der Waals surface area contributed by atoms with E-state index >= 15 is 0 Å². The molecule has 9 heavy (non-hydrogen) atoms. The Bertz CT molecular complexity index is 202. The van der Waals surface area contributed by atoms with Crippen molar-refractivity contribution in [3.8, 4) is 0 Å². The summed E-state index contributed by atoms with van der Waals surface area (Å²) in [4.78, 5) is 0. The average molecular weight is 540 g/mol. The Morgan fingerprint density at radius 1 is 1.22 bits per heavy atom. The van der Waals surface area contributed by atoms with Gasteiger partial charge in [-0.1, -0.05) is 0 Å². The number of benzene rings is 1. The van der Waals surface area contributed by atoms with Crippen molar-refractivity contribution in [1.82, 2.24) is 0 Å². The van der Waals surface area contributed by atoms with Crippen LogP contribution < -0.4 is 3.27 Å². The van der Waals surface area contributed by atoms with Gasteiger partial charge in [0.2, 0.25) is 0 Å². The van der Waals surface area contributed by atoms with Crippen LogP contribution in [0.1, 0.15) is 0 Å². The van der Waals surface area contributed by atoms with Crippen LogP contribution in [0.15, 0.2) is 18.2 Å². The third-order valence-corrected chi connectivity index (χ3v) is 8.27. The van der Waals surface area contributed by atoms with Crippen molar-refractivity contribution in [3.63, 3.8) is 0 Å². The topological polar surface area (TPSA) is 0 Å². The Kier molecular flexibility index (Phi) is 3.67. The molecule has 0 aliphatic heterocycles. The van der Waals surface area contributed by atoms with Gasteiger partial charge >= 0.3 is 98.5 Å². The molecule has 0 atom stereocenters. The number of hydrogen-bond acceptors (Lipinski definition) is 0. The minimum atomic E-state index is 0.969. The summed E-state index contributed by atoms with van der Waals surface area (Å²) in [5.74, 6) is 0. The summed E-state index contributed by atoms with van der Waals surface area (Å²) in [5.41, 5.74) is 0. The third-order valence-electron chi connectivity index (χ3n) is 0.981. The van der Waals surface area contributed by atoms with Gasteiger partial charge in [0.25, 0.3) is 0 Å². The molecule has 0 saturated heterocycles. The van der Waals surface area contributed by atoms with Gasteiger partial charge in [0.1, 0.15) is 0 Å². The number of rotatable bonds is 0. The molecule has 0 aromatic heterocycles. The Morgan fingerprint density at radius 3 is 2.33 bits per heavy atom. The molecule has 0 heterocycles. The van der Waals surface area contributed by atoms with Crippen LogP contribution in [0.3, 0.4) is 0 Å². The molecule has 1 aromatic carbocycles. The van der Waals surface area contributed by atoms with E-state index in [1.165, 1.54) is 10.4 Å². The van der Waals surface area contributed by atoms with Gasteiger partial charge in [-0.2, -0.15) is 0 Å². The molecule has 1 aromatic rings. The fraction of sp³-hybridized carbons (Fsp3) is 0. The quantitative estimate of drug-likeness (QED) is 0.343. The molecule has 3 heteroatoms. The van der Waals surface area contributed by atoms with Crippen molar-refractivity contribution in [3.05, 3.63) is 25.3 Å². The molecule has 0 radical (unpaired) electrons. The fourth-order valence-corrected chi connectivity index (χ4v) is 3.58. The van der Waals surface area contributed by atoms with Crippen LogP contribution in [-0.2, 0) is 0 Å². The van der Waals surface area contributed by atoms with Gasteiger partial charge in [-0.25, -0.2) is 0 Å². The molecule has 0 aliphatic carbocycles. The number of halogens is 2. The second-order valence-corrected chi connectivity index (χ2v) is 6.30. The summed E-state index contributed by atoms with van der Waals surface area (Å²) in [5, 5.41) is 0. The monoisotopic (exact) mass is 540 g/mol. The summed E-state index contributed by atoms with van der Waals surface area (Å²) in [6.07, 6.45) is 0. The Hall–Kier alpha value is 1.56. The maximum absolute atomic E-state index is 2.40. The van der Waals surface area contributed by atoms with Gasteiger partial charge in [-0.15, -0.1) is 0 Å². The zero-order valence-corrected chi connectivity index (χ0v) is 13.4. The first-order valence-corrected chi connectivity index (χ1v) is 6.81. The molecule has 0 bridgehead atoms.